The summed E-state index contributed by atoms with van der Waals surface area (Å²) in [7, 11) is 0. The average Bonchev–Trinajstić information content (AvgIpc) is 2.54. The number of nitrogens with one attached hydrogen (secondary N) is 1. The van der Waals surface area contributed by atoms with Crippen molar-refractivity contribution in [3.05, 3.63) is 0 Å². The first kappa shape index (κ1) is 9.44. The van der Waals surface area contributed by atoms with Gasteiger partial charge < -0.3 is 15.2 Å². The maximum absolute atomic E-state index is 9.53. The third kappa shape index (κ3) is 2.42. The molecule has 0 radical (unpaired) electrons. The van der Waals surface area contributed by atoms with Gasteiger partial charge in [0.15, 0.2) is 0 Å². The fourth-order valence-electron chi connectivity index (χ4n) is 2.27. The molecule has 1 saturated carbocycles. The van der Waals surface area contributed by atoms with Gasteiger partial charge in [-0.3, -0.25) is 0 Å². The largest absolute Gasteiger partial charge is 0.389 e. The number of aliphatic hydroxyl groups excluding tert-OH is 1. The quantitative estimate of drug-likeness (QED) is 0.664. The Morgan fingerprint density at radius 3 is 2.46 bits per heavy atom. The molecule has 1 aliphatic carbocycles. The summed E-state index contributed by atoms with van der Waals surface area (Å²) in [4.78, 5) is 0. The van der Waals surface area contributed by atoms with E-state index in [1.165, 1.54) is 32.1 Å². The highest BCUT2D eigenvalue weighted by Crippen LogP contribution is 2.19. The summed E-state index contributed by atoms with van der Waals surface area (Å²) in [5, 5.41) is 13.0. The fourth-order valence-corrected chi connectivity index (χ4v) is 2.27. The minimum atomic E-state index is -0.290. The molecule has 0 amide bonds. The normalized spacial score (nSPS) is 36.7. The molecular formula is C10H19NO2. The highest BCUT2D eigenvalue weighted by atomic mass is 16.5. The van der Waals surface area contributed by atoms with Crippen LogP contribution in [-0.4, -0.2) is 36.5 Å². The Morgan fingerprint density at radius 2 is 1.85 bits per heavy atom. The molecule has 0 aromatic rings. The van der Waals surface area contributed by atoms with Gasteiger partial charge in [-0.1, -0.05) is 19.3 Å². The highest BCUT2D eigenvalue weighted by Gasteiger charge is 2.28. The first-order valence-corrected chi connectivity index (χ1v) is 5.38. The molecule has 3 heteroatoms. The van der Waals surface area contributed by atoms with Crippen molar-refractivity contribution >= 4 is 0 Å². The monoisotopic (exact) mass is 185 g/mol. The van der Waals surface area contributed by atoms with Crippen molar-refractivity contribution in [1.29, 1.82) is 0 Å². The van der Waals surface area contributed by atoms with Crippen LogP contribution in [0.1, 0.15) is 32.1 Å². The molecule has 2 N–H and O–H groups in total. The standard InChI is InChI=1S/C10H19NO2/c12-10-7-13-6-9(10)11-8-4-2-1-3-5-8/h8-12H,1-7H2/t9-,10+/m0/s1. The lowest BCUT2D eigenvalue weighted by Gasteiger charge is -2.26. The molecule has 1 aliphatic heterocycles. The van der Waals surface area contributed by atoms with E-state index < -0.39 is 0 Å². The van der Waals surface area contributed by atoms with Crippen LogP contribution in [0.5, 0.6) is 0 Å². The van der Waals surface area contributed by atoms with E-state index in [2.05, 4.69) is 5.32 Å². The summed E-state index contributed by atoms with van der Waals surface area (Å²) in [5.74, 6) is 0. The van der Waals surface area contributed by atoms with Crippen LogP contribution in [0, 0.1) is 0 Å². The molecule has 2 rings (SSSR count). The minimum absolute atomic E-state index is 0.183. The SMILES string of the molecule is O[C@@H]1COC[C@@H]1NC1CCCCC1. The minimum Gasteiger partial charge on any atom is -0.389 e. The molecule has 0 aromatic carbocycles. The van der Waals surface area contributed by atoms with Gasteiger partial charge >= 0.3 is 0 Å². The smallest absolute Gasteiger partial charge is 0.0948 e. The maximum atomic E-state index is 9.53. The van der Waals surface area contributed by atoms with E-state index in [0.717, 1.165) is 0 Å². The van der Waals surface area contributed by atoms with Crippen molar-refractivity contribution in [3.8, 4) is 0 Å². The zero-order valence-corrected chi connectivity index (χ0v) is 8.04. The second-order valence-corrected chi connectivity index (χ2v) is 4.21. The summed E-state index contributed by atoms with van der Waals surface area (Å²) in [6.45, 7) is 1.18. The van der Waals surface area contributed by atoms with E-state index in [0.29, 0.717) is 19.3 Å². The second kappa shape index (κ2) is 4.40. The lowest BCUT2D eigenvalue weighted by molar-refractivity contribution is 0.120. The van der Waals surface area contributed by atoms with Crippen LogP contribution in [0.4, 0.5) is 0 Å². The van der Waals surface area contributed by atoms with Crippen molar-refractivity contribution in [1.82, 2.24) is 5.32 Å². The predicted molar refractivity (Wildman–Crippen MR) is 50.6 cm³/mol. The molecule has 13 heavy (non-hydrogen) atoms. The number of hydrogen-bond donors (Lipinski definition) is 2. The summed E-state index contributed by atoms with van der Waals surface area (Å²) < 4.78 is 5.20. The average molecular weight is 185 g/mol. The van der Waals surface area contributed by atoms with Crippen LogP contribution < -0.4 is 5.32 Å². The van der Waals surface area contributed by atoms with Crippen molar-refractivity contribution in [2.24, 2.45) is 0 Å². The van der Waals surface area contributed by atoms with E-state index >= 15 is 0 Å². The molecule has 1 heterocycles. The van der Waals surface area contributed by atoms with E-state index in [1.807, 2.05) is 0 Å². The summed E-state index contributed by atoms with van der Waals surface area (Å²) >= 11 is 0. The third-order valence-electron chi connectivity index (χ3n) is 3.11. The van der Waals surface area contributed by atoms with E-state index in [9.17, 15) is 5.11 Å². The fraction of sp³-hybridized carbons (Fsp3) is 1.00. The van der Waals surface area contributed by atoms with Gasteiger partial charge in [-0.2, -0.15) is 0 Å². The molecule has 3 nitrogen and oxygen atoms in total. The molecule has 2 atom stereocenters. The van der Waals surface area contributed by atoms with Gasteiger partial charge in [-0.05, 0) is 12.8 Å². The molecule has 0 spiro atoms. The van der Waals surface area contributed by atoms with Gasteiger partial charge in [0, 0.05) is 6.04 Å². The molecule has 2 aliphatic rings. The lowest BCUT2D eigenvalue weighted by Crippen LogP contribution is -2.45. The van der Waals surface area contributed by atoms with Crippen LogP contribution in [0.2, 0.25) is 0 Å². The Kier molecular flexibility index (Phi) is 3.19. The lowest BCUT2D eigenvalue weighted by atomic mass is 9.94. The Hall–Kier alpha value is -0.120. The van der Waals surface area contributed by atoms with Crippen molar-refractivity contribution < 1.29 is 9.84 Å². The zero-order chi connectivity index (χ0) is 9.10. The Labute approximate surface area is 79.5 Å². The van der Waals surface area contributed by atoms with Crippen LogP contribution in [0.3, 0.4) is 0 Å². The van der Waals surface area contributed by atoms with Crippen LogP contribution >= 0.6 is 0 Å². The van der Waals surface area contributed by atoms with Crippen LogP contribution in [0.25, 0.3) is 0 Å². The van der Waals surface area contributed by atoms with Crippen LogP contribution in [-0.2, 0) is 4.74 Å². The molecule has 0 aromatic heterocycles. The molecule has 0 bridgehead atoms. The zero-order valence-electron chi connectivity index (χ0n) is 8.04. The number of hydrogen-bond acceptors (Lipinski definition) is 3. The number of rotatable bonds is 2. The first-order chi connectivity index (χ1) is 6.36. The van der Waals surface area contributed by atoms with Gasteiger partial charge in [-0.25, -0.2) is 0 Å². The number of ether oxygens (including phenoxy) is 1. The van der Waals surface area contributed by atoms with Gasteiger partial charge in [0.05, 0.1) is 25.4 Å². The van der Waals surface area contributed by atoms with E-state index in [1.54, 1.807) is 0 Å². The maximum Gasteiger partial charge on any atom is 0.0948 e. The molecule has 76 valence electrons. The Morgan fingerprint density at radius 1 is 1.08 bits per heavy atom. The number of aliphatic hydroxyl groups is 1. The summed E-state index contributed by atoms with van der Waals surface area (Å²) in [5.41, 5.74) is 0. The molecular weight excluding hydrogens is 166 g/mol. The van der Waals surface area contributed by atoms with Gasteiger partial charge in [0.1, 0.15) is 0 Å². The van der Waals surface area contributed by atoms with Crippen LogP contribution in [0.15, 0.2) is 0 Å². The van der Waals surface area contributed by atoms with Crippen molar-refractivity contribution in [3.63, 3.8) is 0 Å². The first-order valence-electron chi connectivity index (χ1n) is 5.38. The van der Waals surface area contributed by atoms with Gasteiger partial charge in [0.25, 0.3) is 0 Å². The van der Waals surface area contributed by atoms with Gasteiger partial charge in [0.2, 0.25) is 0 Å². The van der Waals surface area contributed by atoms with E-state index in [4.69, 9.17) is 4.74 Å². The van der Waals surface area contributed by atoms with Crippen molar-refractivity contribution in [2.75, 3.05) is 13.2 Å². The van der Waals surface area contributed by atoms with Gasteiger partial charge in [-0.15, -0.1) is 0 Å². The topological polar surface area (TPSA) is 41.5 Å². The van der Waals surface area contributed by atoms with Crippen molar-refractivity contribution in [2.45, 2.75) is 50.3 Å². The highest BCUT2D eigenvalue weighted by molar-refractivity contribution is 4.85. The summed E-state index contributed by atoms with van der Waals surface area (Å²) in [6.07, 6.45) is 6.29. The second-order valence-electron chi connectivity index (χ2n) is 4.21. The predicted octanol–water partition coefficient (Wildman–Crippen LogP) is 0.668. The third-order valence-corrected chi connectivity index (χ3v) is 3.11. The molecule has 2 fully saturated rings. The van der Waals surface area contributed by atoms with E-state index in [-0.39, 0.29) is 12.1 Å². The molecule has 1 saturated heterocycles. The Bertz CT molecular complexity index is 157. The molecule has 0 unspecified atom stereocenters. The summed E-state index contributed by atoms with van der Waals surface area (Å²) in [6, 6.07) is 0.804. The Balaban J connectivity index is 1.75.